The van der Waals surface area contributed by atoms with Gasteiger partial charge in [-0.05, 0) is 67.9 Å². The fraction of sp³-hybridized carbons (Fsp3) is 0.400. The topological polar surface area (TPSA) is 42.2 Å². The van der Waals surface area contributed by atoms with E-state index in [2.05, 4.69) is 58.2 Å². The molecule has 1 N–H and O–H groups in total. The summed E-state index contributed by atoms with van der Waals surface area (Å²) >= 11 is 0. The van der Waals surface area contributed by atoms with Crippen molar-refractivity contribution in [3.8, 4) is 11.4 Å². The van der Waals surface area contributed by atoms with Crippen molar-refractivity contribution in [1.29, 1.82) is 0 Å². The van der Waals surface area contributed by atoms with E-state index in [0.717, 1.165) is 22.9 Å². The molecule has 3 aromatic rings. The molecule has 0 saturated heterocycles. The molecule has 4 heteroatoms. The van der Waals surface area contributed by atoms with Gasteiger partial charge in [-0.15, -0.1) is 0 Å². The molecule has 0 bridgehead atoms. The molecule has 0 amide bonds. The van der Waals surface area contributed by atoms with Crippen LogP contribution < -0.4 is 5.32 Å². The van der Waals surface area contributed by atoms with Crippen molar-refractivity contribution in [2.24, 2.45) is 5.41 Å². The SMILES string of the molecule is Cc1ccn2c(-c3cccc(N[C@H]4CCCC45CC5)n3)cnc2c1. The summed E-state index contributed by atoms with van der Waals surface area (Å²) in [4.78, 5) is 9.40. The number of nitrogens with one attached hydrogen (secondary N) is 1. The summed E-state index contributed by atoms with van der Waals surface area (Å²) in [5.74, 6) is 0.993. The minimum atomic E-state index is 0.582. The molecule has 0 aliphatic heterocycles. The van der Waals surface area contributed by atoms with Gasteiger partial charge in [-0.1, -0.05) is 12.5 Å². The number of pyridine rings is 2. The van der Waals surface area contributed by atoms with Gasteiger partial charge < -0.3 is 5.32 Å². The number of imidazole rings is 1. The molecule has 2 aliphatic rings. The highest BCUT2D eigenvalue weighted by atomic mass is 15.1. The summed E-state index contributed by atoms with van der Waals surface area (Å²) in [7, 11) is 0. The highest BCUT2D eigenvalue weighted by Gasteiger charge is 2.51. The molecular formula is C20H22N4. The predicted molar refractivity (Wildman–Crippen MR) is 96.1 cm³/mol. The molecule has 2 saturated carbocycles. The third-order valence-corrected chi connectivity index (χ3v) is 5.80. The molecule has 1 atom stereocenters. The molecule has 24 heavy (non-hydrogen) atoms. The second-order valence-corrected chi connectivity index (χ2v) is 7.44. The Kier molecular flexibility index (Phi) is 2.96. The Morgan fingerprint density at radius 1 is 1.21 bits per heavy atom. The molecule has 4 nitrogen and oxygen atoms in total. The molecule has 3 aromatic heterocycles. The van der Waals surface area contributed by atoms with Crippen LogP contribution in [0.25, 0.3) is 17.0 Å². The predicted octanol–water partition coefficient (Wildman–Crippen LogP) is 4.45. The zero-order valence-electron chi connectivity index (χ0n) is 14.0. The summed E-state index contributed by atoms with van der Waals surface area (Å²) in [6.07, 6.45) is 10.8. The largest absolute Gasteiger partial charge is 0.367 e. The number of aryl methyl sites for hydroxylation is 1. The fourth-order valence-electron chi connectivity index (χ4n) is 4.23. The lowest BCUT2D eigenvalue weighted by atomic mass is 10.0. The van der Waals surface area contributed by atoms with E-state index in [1.165, 1.54) is 37.7 Å². The Hall–Kier alpha value is -2.36. The van der Waals surface area contributed by atoms with Crippen molar-refractivity contribution in [1.82, 2.24) is 14.4 Å². The third kappa shape index (κ3) is 2.20. The van der Waals surface area contributed by atoms with Crippen molar-refractivity contribution in [3.63, 3.8) is 0 Å². The molecule has 2 aliphatic carbocycles. The average molecular weight is 318 g/mol. The second-order valence-electron chi connectivity index (χ2n) is 7.44. The smallest absolute Gasteiger partial charge is 0.137 e. The van der Waals surface area contributed by atoms with E-state index in [-0.39, 0.29) is 0 Å². The van der Waals surface area contributed by atoms with Crippen LogP contribution >= 0.6 is 0 Å². The fourth-order valence-corrected chi connectivity index (χ4v) is 4.23. The van der Waals surface area contributed by atoms with Gasteiger partial charge in [0.15, 0.2) is 0 Å². The quantitative estimate of drug-likeness (QED) is 0.776. The minimum Gasteiger partial charge on any atom is -0.367 e. The van der Waals surface area contributed by atoms with Crippen molar-refractivity contribution >= 4 is 11.5 Å². The zero-order valence-corrected chi connectivity index (χ0v) is 14.0. The number of hydrogen-bond acceptors (Lipinski definition) is 3. The van der Waals surface area contributed by atoms with E-state index in [1.807, 2.05) is 6.20 Å². The van der Waals surface area contributed by atoms with Gasteiger partial charge in [0.2, 0.25) is 0 Å². The van der Waals surface area contributed by atoms with Crippen LogP contribution in [0.5, 0.6) is 0 Å². The zero-order chi connectivity index (χ0) is 16.1. The maximum absolute atomic E-state index is 4.87. The molecule has 122 valence electrons. The lowest BCUT2D eigenvalue weighted by molar-refractivity contribution is 0.486. The first-order chi connectivity index (χ1) is 11.7. The van der Waals surface area contributed by atoms with Crippen molar-refractivity contribution in [2.45, 2.75) is 45.1 Å². The monoisotopic (exact) mass is 318 g/mol. The van der Waals surface area contributed by atoms with Crippen LogP contribution in [0, 0.1) is 12.3 Å². The highest BCUT2D eigenvalue weighted by Crippen LogP contribution is 2.58. The van der Waals surface area contributed by atoms with Crippen LogP contribution in [0.2, 0.25) is 0 Å². The Bertz CT molecular complexity index is 907. The second kappa shape index (κ2) is 5.07. The van der Waals surface area contributed by atoms with Crippen molar-refractivity contribution < 1.29 is 0 Å². The summed E-state index contributed by atoms with van der Waals surface area (Å²) < 4.78 is 2.11. The maximum Gasteiger partial charge on any atom is 0.137 e. The van der Waals surface area contributed by atoms with Gasteiger partial charge >= 0.3 is 0 Å². The van der Waals surface area contributed by atoms with E-state index in [1.54, 1.807) is 0 Å². The summed E-state index contributed by atoms with van der Waals surface area (Å²) in [5.41, 5.74) is 4.79. The van der Waals surface area contributed by atoms with E-state index in [9.17, 15) is 0 Å². The molecule has 1 spiro atoms. The van der Waals surface area contributed by atoms with Gasteiger partial charge in [-0.3, -0.25) is 4.40 Å². The molecule has 0 radical (unpaired) electrons. The molecule has 0 unspecified atom stereocenters. The first kappa shape index (κ1) is 14.0. The molecule has 2 fully saturated rings. The summed E-state index contributed by atoms with van der Waals surface area (Å²) in [6.45, 7) is 2.09. The molecule has 0 aromatic carbocycles. The van der Waals surface area contributed by atoms with E-state index >= 15 is 0 Å². The highest BCUT2D eigenvalue weighted by molar-refractivity contribution is 5.62. The van der Waals surface area contributed by atoms with Crippen LogP contribution in [0.15, 0.2) is 42.7 Å². The lowest BCUT2D eigenvalue weighted by Crippen LogP contribution is -2.25. The third-order valence-electron chi connectivity index (χ3n) is 5.80. The molecular weight excluding hydrogens is 296 g/mol. The summed E-state index contributed by atoms with van der Waals surface area (Å²) in [6, 6.07) is 11.1. The van der Waals surface area contributed by atoms with Gasteiger partial charge in [0.25, 0.3) is 0 Å². The lowest BCUT2D eigenvalue weighted by Gasteiger charge is -2.20. The number of nitrogens with zero attached hydrogens (tertiary/aromatic N) is 3. The van der Waals surface area contributed by atoms with E-state index < -0.39 is 0 Å². The maximum atomic E-state index is 4.87. The Morgan fingerprint density at radius 2 is 2.12 bits per heavy atom. The number of rotatable bonds is 3. The van der Waals surface area contributed by atoms with E-state index in [0.29, 0.717) is 11.5 Å². The Balaban J connectivity index is 1.48. The van der Waals surface area contributed by atoms with Gasteiger partial charge in [0.05, 0.1) is 17.6 Å². The average Bonchev–Trinajstić information content (AvgIpc) is 3.08. The number of hydrogen-bond donors (Lipinski definition) is 1. The van der Waals surface area contributed by atoms with Crippen LogP contribution in [0.4, 0.5) is 5.82 Å². The van der Waals surface area contributed by atoms with Crippen LogP contribution in [-0.4, -0.2) is 20.4 Å². The van der Waals surface area contributed by atoms with Gasteiger partial charge in [-0.25, -0.2) is 9.97 Å². The number of fused-ring (bicyclic) bond motifs is 1. The van der Waals surface area contributed by atoms with Gasteiger partial charge in [-0.2, -0.15) is 0 Å². The molecule has 3 heterocycles. The Labute approximate surface area is 142 Å². The number of aromatic nitrogens is 3. The Morgan fingerprint density at radius 3 is 3.00 bits per heavy atom. The van der Waals surface area contributed by atoms with Crippen molar-refractivity contribution in [2.75, 3.05) is 5.32 Å². The van der Waals surface area contributed by atoms with Crippen LogP contribution in [0.1, 0.15) is 37.7 Å². The first-order valence-corrected chi connectivity index (χ1v) is 8.91. The van der Waals surface area contributed by atoms with Crippen LogP contribution in [0.3, 0.4) is 0 Å². The molecule has 5 rings (SSSR count). The van der Waals surface area contributed by atoms with Gasteiger partial charge in [0, 0.05) is 12.2 Å². The van der Waals surface area contributed by atoms with E-state index in [4.69, 9.17) is 4.98 Å². The normalized spacial score (nSPS) is 21.5. The number of anilines is 1. The minimum absolute atomic E-state index is 0.582. The standard InChI is InChI=1S/C20H22N4/c1-14-7-11-24-16(13-21-19(24)12-14)15-4-2-6-18(22-15)23-17-5-3-8-20(17)9-10-20/h2,4,6-7,11-13,17H,3,5,8-10H2,1H3,(H,22,23)/t17-/m0/s1. The van der Waals surface area contributed by atoms with Gasteiger partial charge in [0.1, 0.15) is 11.5 Å². The van der Waals surface area contributed by atoms with Crippen molar-refractivity contribution in [3.05, 3.63) is 48.3 Å². The van der Waals surface area contributed by atoms with Crippen LogP contribution in [-0.2, 0) is 0 Å². The first-order valence-electron chi connectivity index (χ1n) is 8.91. The summed E-state index contributed by atoms with van der Waals surface area (Å²) in [5, 5.41) is 3.71.